The quantitative estimate of drug-likeness (QED) is 0.754. The van der Waals surface area contributed by atoms with Crippen LogP contribution in [-0.4, -0.2) is 32.8 Å². The summed E-state index contributed by atoms with van der Waals surface area (Å²) in [4.78, 5) is 11.8. The van der Waals surface area contributed by atoms with E-state index in [0.717, 1.165) is 25.1 Å². The number of aryl methyl sites for hydroxylation is 1. The molecule has 1 unspecified atom stereocenters. The van der Waals surface area contributed by atoms with Crippen molar-refractivity contribution >= 4 is 11.9 Å². The van der Waals surface area contributed by atoms with Gasteiger partial charge in [0.1, 0.15) is 0 Å². The first-order valence-electron chi connectivity index (χ1n) is 6.12. The minimum absolute atomic E-state index is 0.0887. The van der Waals surface area contributed by atoms with E-state index in [0.29, 0.717) is 5.89 Å². The van der Waals surface area contributed by atoms with E-state index in [1.807, 2.05) is 6.92 Å². The highest BCUT2D eigenvalue weighted by Crippen LogP contribution is 2.22. The van der Waals surface area contributed by atoms with E-state index in [4.69, 9.17) is 4.42 Å². The Balaban J connectivity index is 1.68. The van der Waals surface area contributed by atoms with Gasteiger partial charge in [-0.3, -0.25) is 15.2 Å². The number of hydrogen-bond donors (Lipinski definition) is 3. The van der Waals surface area contributed by atoms with Crippen LogP contribution in [-0.2, 0) is 0 Å². The maximum Gasteiger partial charge on any atom is 0.322 e. The first-order valence-corrected chi connectivity index (χ1v) is 6.12. The molecule has 1 saturated heterocycles. The van der Waals surface area contributed by atoms with Gasteiger partial charge in [-0.2, -0.15) is 5.10 Å². The summed E-state index contributed by atoms with van der Waals surface area (Å²) in [5.41, 5.74) is 1.10. The van der Waals surface area contributed by atoms with Crippen molar-refractivity contribution in [3.8, 4) is 0 Å². The van der Waals surface area contributed by atoms with Crippen molar-refractivity contribution in [3.05, 3.63) is 23.3 Å². The molecule has 2 aromatic heterocycles. The zero-order valence-electron chi connectivity index (χ0n) is 10.4. The standard InChI is InChI=1S/C11H14N6O2/c1-6-5-8(15-14-6)9(18)13-11-17-16-10(19-11)7-3-2-4-12-7/h5,7,12H,2-4H2,1H3,(H,14,15)(H,13,17,18). The molecule has 100 valence electrons. The summed E-state index contributed by atoms with van der Waals surface area (Å²) in [5.74, 6) is 0.130. The van der Waals surface area contributed by atoms with Crippen molar-refractivity contribution < 1.29 is 9.21 Å². The SMILES string of the molecule is Cc1cc(C(=O)Nc2nnc(C3CCCN3)o2)n[nH]1. The Bertz CT molecular complexity index is 584. The Morgan fingerprint density at radius 1 is 1.53 bits per heavy atom. The number of nitrogens with one attached hydrogen (secondary N) is 3. The van der Waals surface area contributed by atoms with Crippen molar-refractivity contribution in [2.24, 2.45) is 0 Å². The zero-order valence-corrected chi connectivity index (χ0v) is 10.4. The highest BCUT2D eigenvalue weighted by Gasteiger charge is 2.22. The Morgan fingerprint density at radius 2 is 2.42 bits per heavy atom. The number of nitrogens with zero attached hydrogens (tertiary/aromatic N) is 3. The molecule has 1 aliphatic heterocycles. The van der Waals surface area contributed by atoms with E-state index < -0.39 is 0 Å². The maximum absolute atomic E-state index is 11.8. The number of carbonyl (C=O) groups excluding carboxylic acids is 1. The van der Waals surface area contributed by atoms with Gasteiger partial charge in [-0.1, -0.05) is 5.10 Å². The molecular weight excluding hydrogens is 248 g/mol. The number of carbonyl (C=O) groups is 1. The third-order valence-corrected chi connectivity index (χ3v) is 2.96. The summed E-state index contributed by atoms with van der Waals surface area (Å²) >= 11 is 0. The Morgan fingerprint density at radius 3 is 3.11 bits per heavy atom. The first kappa shape index (κ1) is 11.8. The third kappa shape index (κ3) is 2.48. The molecule has 0 saturated carbocycles. The lowest BCUT2D eigenvalue weighted by Crippen LogP contribution is -2.13. The molecule has 0 spiro atoms. The largest absolute Gasteiger partial charge is 0.406 e. The summed E-state index contributed by atoms with van der Waals surface area (Å²) in [6, 6.07) is 1.82. The summed E-state index contributed by atoms with van der Waals surface area (Å²) in [7, 11) is 0. The van der Waals surface area contributed by atoms with Gasteiger partial charge < -0.3 is 9.73 Å². The van der Waals surface area contributed by atoms with E-state index in [1.165, 1.54) is 0 Å². The fourth-order valence-corrected chi connectivity index (χ4v) is 2.02. The Kier molecular flexibility index (Phi) is 3.00. The van der Waals surface area contributed by atoms with E-state index in [2.05, 4.69) is 31.0 Å². The minimum atomic E-state index is -0.376. The van der Waals surface area contributed by atoms with Crippen LogP contribution >= 0.6 is 0 Å². The van der Waals surface area contributed by atoms with E-state index in [1.54, 1.807) is 6.07 Å². The molecule has 3 heterocycles. The lowest BCUT2D eigenvalue weighted by atomic mass is 10.2. The van der Waals surface area contributed by atoms with Crippen LogP contribution in [0.1, 0.15) is 41.0 Å². The molecule has 1 amide bonds. The molecule has 0 aliphatic carbocycles. The average molecular weight is 262 g/mol. The highest BCUT2D eigenvalue weighted by atomic mass is 16.4. The predicted octanol–water partition coefficient (Wildman–Crippen LogP) is 0.778. The van der Waals surface area contributed by atoms with Crippen LogP contribution in [0.15, 0.2) is 10.5 Å². The third-order valence-electron chi connectivity index (χ3n) is 2.96. The number of anilines is 1. The zero-order chi connectivity index (χ0) is 13.2. The van der Waals surface area contributed by atoms with Gasteiger partial charge in [0.05, 0.1) is 6.04 Å². The fraction of sp³-hybridized carbons (Fsp3) is 0.455. The van der Waals surface area contributed by atoms with Crippen molar-refractivity contribution in [2.45, 2.75) is 25.8 Å². The van der Waals surface area contributed by atoms with Gasteiger partial charge in [-0.25, -0.2) is 0 Å². The van der Waals surface area contributed by atoms with Crippen molar-refractivity contribution in [1.82, 2.24) is 25.7 Å². The van der Waals surface area contributed by atoms with Crippen LogP contribution in [0.4, 0.5) is 6.01 Å². The van der Waals surface area contributed by atoms with Crippen LogP contribution in [0.5, 0.6) is 0 Å². The molecule has 1 fully saturated rings. The average Bonchev–Trinajstić information content (AvgIpc) is 3.07. The first-order chi connectivity index (χ1) is 9.22. The molecule has 0 bridgehead atoms. The highest BCUT2D eigenvalue weighted by molar-refractivity contribution is 6.01. The van der Waals surface area contributed by atoms with Crippen molar-refractivity contribution in [3.63, 3.8) is 0 Å². The molecule has 19 heavy (non-hydrogen) atoms. The minimum Gasteiger partial charge on any atom is -0.406 e. The van der Waals surface area contributed by atoms with Gasteiger partial charge in [0.25, 0.3) is 5.91 Å². The van der Waals surface area contributed by atoms with E-state index in [9.17, 15) is 4.79 Å². The summed E-state index contributed by atoms with van der Waals surface area (Å²) < 4.78 is 5.41. The van der Waals surface area contributed by atoms with Gasteiger partial charge in [0, 0.05) is 5.69 Å². The molecule has 3 rings (SSSR count). The van der Waals surface area contributed by atoms with Gasteiger partial charge in [0.2, 0.25) is 5.89 Å². The molecule has 1 aliphatic rings. The molecule has 8 heteroatoms. The molecule has 8 nitrogen and oxygen atoms in total. The van der Waals surface area contributed by atoms with E-state index in [-0.39, 0.29) is 23.7 Å². The normalized spacial score (nSPS) is 18.7. The number of rotatable bonds is 3. The number of hydrogen-bond acceptors (Lipinski definition) is 6. The van der Waals surface area contributed by atoms with Crippen molar-refractivity contribution in [1.29, 1.82) is 0 Å². The van der Waals surface area contributed by atoms with Gasteiger partial charge in [-0.05, 0) is 32.4 Å². The van der Waals surface area contributed by atoms with E-state index >= 15 is 0 Å². The monoisotopic (exact) mass is 262 g/mol. The number of amides is 1. The lowest BCUT2D eigenvalue weighted by molar-refractivity contribution is 0.101. The molecule has 1 atom stereocenters. The van der Waals surface area contributed by atoms with Crippen LogP contribution in [0.2, 0.25) is 0 Å². The van der Waals surface area contributed by atoms with Crippen LogP contribution in [0.3, 0.4) is 0 Å². The second kappa shape index (κ2) is 4.81. The predicted molar refractivity (Wildman–Crippen MR) is 65.6 cm³/mol. The molecular formula is C11H14N6O2. The number of aromatic amines is 1. The number of H-pyrrole nitrogens is 1. The lowest BCUT2D eigenvalue weighted by Gasteiger charge is -2.02. The van der Waals surface area contributed by atoms with Crippen LogP contribution < -0.4 is 10.6 Å². The Hall–Kier alpha value is -2.22. The summed E-state index contributed by atoms with van der Waals surface area (Å²) in [6.45, 7) is 2.77. The van der Waals surface area contributed by atoms with Crippen LogP contribution in [0, 0.1) is 6.92 Å². The number of aromatic nitrogens is 4. The van der Waals surface area contributed by atoms with Gasteiger partial charge >= 0.3 is 6.01 Å². The molecule has 0 aromatic carbocycles. The summed E-state index contributed by atoms with van der Waals surface area (Å²) in [5, 5.41) is 20.1. The topological polar surface area (TPSA) is 109 Å². The molecule has 2 aromatic rings. The van der Waals surface area contributed by atoms with Crippen LogP contribution in [0.25, 0.3) is 0 Å². The van der Waals surface area contributed by atoms with Gasteiger partial charge in [-0.15, -0.1) is 5.10 Å². The molecule has 3 N–H and O–H groups in total. The second-order valence-electron chi connectivity index (χ2n) is 4.48. The van der Waals surface area contributed by atoms with Crippen molar-refractivity contribution in [2.75, 3.05) is 11.9 Å². The summed E-state index contributed by atoms with van der Waals surface area (Å²) in [6.07, 6.45) is 2.05. The van der Waals surface area contributed by atoms with Gasteiger partial charge in [0.15, 0.2) is 5.69 Å². The molecule has 0 radical (unpaired) electrons. The smallest absolute Gasteiger partial charge is 0.322 e. The fourth-order valence-electron chi connectivity index (χ4n) is 2.02. The second-order valence-corrected chi connectivity index (χ2v) is 4.48. The Labute approximate surface area is 109 Å². The maximum atomic E-state index is 11.8.